The molecule has 16 heavy (non-hydrogen) atoms. The Bertz CT molecular complexity index is 392. The number of aromatic nitrogens is 2. The van der Waals surface area contributed by atoms with E-state index >= 15 is 0 Å². The van der Waals surface area contributed by atoms with Gasteiger partial charge in [0, 0.05) is 26.2 Å². The molecule has 0 unspecified atom stereocenters. The van der Waals surface area contributed by atoms with Gasteiger partial charge in [0.2, 0.25) is 0 Å². The minimum Gasteiger partial charge on any atom is -0.379 e. The van der Waals surface area contributed by atoms with Gasteiger partial charge in [-0.05, 0) is 19.3 Å². The molecule has 3 rings (SSSR count). The van der Waals surface area contributed by atoms with Crippen molar-refractivity contribution in [3.8, 4) is 0 Å². The van der Waals surface area contributed by atoms with Crippen LogP contribution in [0.3, 0.4) is 0 Å². The Kier molecular flexibility index (Phi) is 2.30. The average molecular weight is 220 g/mol. The first kappa shape index (κ1) is 10.00. The largest absolute Gasteiger partial charge is 0.379 e. The Morgan fingerprint density at radius 3 is 2.94 bits per heavy atom. The molecule has 1 aliphatic carbocycles. The van der Waals surface area contributed by atoms with Crippen LogP contribution in [-0.4, -0.2) is 28.9 Å². The zero-order chi connectivity index (χ0) is 11.1. The van der Waals surface area contributed by atoms with Crippen LogP contribution in [0.1, 0.15) is 31.9 Å². The number of anilines is 2. The van der Waals surface area contributed by atoms with E-state index in [0.29, 0.717) is 0 Å². The van der Waals surface area contributed by atoms with Crippen LogP contribution in [0.2, 0.25) is 0 Å². The minimum atomic E-state index is 0.783. The van der Waals surface area contributed by atoms with Crippen molar-refractivity contribution in [2.45, 2.75) is 38.6 Å². The van der Waals surface area contributed by atoms with Gasteiger partial charge in [-0.3, -0.25) is 4.68 Å². The number of rotatable bonds is 3. The second kappa shape index (κ2) is 3.68. The Morgan fingerprint density at radius 1 is 1.44 bits per heavy atom. The second-order valence-corrected chi connectivity index (χ2v) is 4.87. The summed E-state index contributed by atoms with van der Waals surface area (Å²) in [5, 5.41) is 8.18. The van der Waals surface area contributed by atoms with Crippen molar-refractivity contribution in [2.75, 3.05) is 23.3 Å². The number of nitrogens with zero attached hydrogens (tertiary/aromatic N) is 3. The molecule has 1 N–H and O–H groups in total. The topological polar surface area (TPSA) is 33.1 Å². The smallest absolute Gasteiger partial charge is 0.150 e. The number of hydrogen-bond acceptors (Lipinski definition) is 3. The molecule has 2 heterocycles. The summed E-state index contributed by atoms with van der Waals surface area (Å²) in [6.07, 6.45) is 4.95. The monoisotopic (exact) mass is 220 g/mol. The maximum absolute atomic E-state index is 4.65. The zero-order valence-electron chi connectivity index (χ0n) is 10.2. The van der Waals surface area contributed by atoms with E-state index in [-0.39, 0.29) is 0 Å². The molecule has 0 aromatic carbocycles. The lowest BCUT2D eigenvalue weighted by molar-refractivity contribution is 0.685. The van der Waals surface area contributed by atoms with E-state index < -0.39 is 0 Å². The van der Waals surface area contributed by atoms with Gasteiger partial charge in [0.05, 0.1) is 5.69 Å². The van der Waals surface area contributed by atoms with Crippen LogP contribution in [0, 0.1) is 0 Å². The standard InChI is InChI=1S/C12H20N4/c1-3-4-10-11-12(15(2)14-10)16(8-7-13-11)9-5-6-9/h9,13H,3-8H2,1-2H3. The Labute approximate surface area is 96.6 Å². The third kappa shape index (κ3) is 1.47. The van der Waals surface area contributed by atoms with E-state index in [9.17, 15) is 0 Å². The number of aryl methyl sites for hydroxylation is 2. The molecular formula is C12H20N4. The molecule has 1 aromatic rings. The fraction of sp³-hybridized carbons (Fsp3) is 0.750. The van der Waals surface area contributed by atoms with Crippen LogP contribution in [0.15, 0.2) is 0 Å². The van der Waals surface area contributed by atoms with Crippen molar-refractivity contribution in [2.24, 2.45) is 7.05 Å². The second-order valence-electron chi connectivity index (χ2n) is 4.87. The Balaban J connectivity index is 1.99. The molecule has 0 spiro atoms. The van der Waals surface area contributed by atoms with Gasteiger partial charge < -0.3 is 10.2 Å². The van der Waals surface area contributed by atoms with Crippen LogP contribution in [0.5, 0.6) is 0 Å². The molecule has 0 bridgehead atoms. The quantitative estimate of drug-likeness (QED) is 0.842. The molecule has 1 saturated carbocycles. The minimum absolute atomic E-state index is 0.783. The lowest BCUT2D eigenvalue weighted by Crippen LogP contribution is -2.36. The van der Waals surface area contributed by atoms with Crippen LogP contribution < -0.4 is 10.2 Å². The van der Waals surface area contributed by atoms with Gasteiger partial charge in [0.25, 0.3) is 0 Å². The third-order valence-corrected chi connectivity index (χ3v) is 3.49. The summed E-state index contributed by atoms with van der Waals surface area (Å²) in [5.41, 5.74) is 2.54. The first-order valence-electron chi connectivity index (χ1n) is 6.37. The summed E-state index contributed by atoms with van der Waals surface area (Å²) in [4.78, 5) is 2.54. The van der Waals surface area contributed by atoms with Crippen LogP contribution in [0.4, 0.5) is 11.5 Å². The molecule has 0 radical (unpaired) electrons. The van der Waals surface area contributed by atoms with Crippen molar-refractivity contribution >= 4 is 11.5 Å². The van der Waals surface area contributed by atoms with Gasteiger partial charge in [-0.2, -0.15) is 5.10 Å². The molecule has 1 fully saturated rings. The summed E-state index contributed by atoms with van der Waals surface area (Å²) in [6, 6.07) is 0.783. The molecule has 1 aliphatic heterocycles. The first-order valence-corrected chi connectivity index (χ1v) is 6.37. The van der Waals surface area contributed by atoms with Crippen molar-refractivity contribution in [3.63, 3.8) is 0 Å². The molecule has 2 aliphatic rings. The number of nitrogens with one attached hydrogen (secondary N) is 1. The molecule has 4 heteroatoms. The molecule has 4 nitrogen and oxygen atoms in total. The highest BCUT2D eigenvalue weighted by atomic mass is 15.4. The summed E-state index contributed by atoms with van der Waals surface area (Å²) in [5.74, 6) is 1.32. The fourth-order valence-corrected chi connectivity index (χ4v) is 2.64. The highest BCUT2D eigenvalue weighted by Gasteiger charge is 2.35. The zero-order valence-corrected chi connectivity index (χ0v) is 10.2. The maximum Gasteiger partial charge on any atom is 0.150 e. The van der Waals surface area contributed by atoms with E-state index in [2.05, 4.69) is 34.0 Å². The Morgan fingerprint density at radius 2 is 2.25 bits per heavy atom. The van der Waals surface area contributed by atoms with Gasteiger partial charge in [-0.25, -0.2) is 0 Å². The summed E-state index contributed by atoms with van der Waals surface area (Å²) in [7, 11) is 2.07. The lowest BCUT2D eigenvalue weighted by atomic mass is 10.2. The molecule has 0 atom stereocenters. The molecule has 0 saturated heterocycles. The molecular weight excluding hydrogens is 200 g/mol. The fourth-order valence-electron chi connectivity index (χ4n) is 2.64. The van der Waals surface area contributed by atoms with Crippen molar-refractivity contribution in [3.05, 3.63) is 5.69 Å². The van der Waals surface area contributed by atoms with Crippen LogP contribution >= 0.6 is 0 Å². The third-order valence-electron chi connectivity index (χ3n) is 3.49. The highest BCUT2D eigenvalue weighted by molar-refractivity contribution is 5.72. The van der Waals surface area contributed by atoms with E-state index in [1.807, 2.05) is 0 Å². The van der Waals surface area contributed by atoms with Crippen molar-refractivity contribution < 1.29 is 0 Å². The first-order chi connectivity index (χ1) is 7.81. The average Bonchev–Trinajstić information content (AvgIpc) is 3.07. The SMILES string of the molecule is CCCc1nn(C)c2c1NCCN2C1CC1. The van der Waals surface area contributed by atoms with E-state index in [4.69, 9.17) is 0 Å². The summed E-state index contributed by atoms with van der Waals surface area (Å²) < 4.78 is 2.06. The van der Waals surface area contributed by atoms with Crippen molar-refractivity contribution in [1.82, 2.24) is 9.78 Å². The van der Waals surface area contributed by atoms with Gasteiger partial charge in [0.15, 0.2) is 5.82 Å². The summed E-state index contributed by atoms with van der Waals surface area (Å²) >= 11 is 0. The van der Waals surface area contributed by atoms with Gasteiger partial charge in [0.1, 0.15) is 5.69 Å². The van der Waals surface area contributed by atoms with Crippen LogP contribution in [-0.2, 0) is 13.5 Å². The van der Waals surface area contributed by atoms with Gasteiger partial charge in [-0.1, -0.05) is 13.3 Å². The van der Waals surface area contributed by atoms with E-state index in [0.717, 1.165) is 32.0 Å². The van der Waals surface area contributed by atoms with Crippen molar-refractivity contribution in [1.29, 1.82) is 0 Å². The number of fused-ring (bicyclic) bond motifs is 1. The lowest BCUT2D eigenvalue weighted by Gasteiger charge is -2.30. The number of hydrogen-bond donors (Lipinski definition) is 1. The van der Waals surface area contributed by atoms with Gasteiger partial charge in [-0.15, -0.1) is 0 Å². The van der Waals surface area contributed by atoms with Gasteiger partial charge >= 0.3 is 0 Å². The Hall–Kier alpha value is -1.19. The predicted octanol–water partition coefficient (Wildman–Crippen LogP) is 1.77. The highest BCUT2D eigenvalue weighted by Crippen LogP contribution is 2.39. The summed E-state index contributed by atoms with van der Waals surface area (Å²) in [6.45, 7) is 4.40. The van der Waals surface area contributed by atoms with E-state index in [1.54, 1.807) is 0 Å². The van der Waals surface area contributed by atoms with Crippen LogP contribution in [0.25, 0.3) is 0 Å². The predicted molar refractivity (Wildman–Crippen MR) is 66.1 cm³/mol. The van der Waals surface area contributed by atoms with E-state index in [1.165, 1.54) is 30.0 Å². The maximum atomic E-state index is 4.65. The molecule has 88 valence electrons. The normalized spacial score (nSPS) is 19.5. The molecule has 0 amide bonds. The molecule has 1 aromatic heterocycles.